The Bertz CT molecular complexity index is 579. The van der Waals surface area contributed by atoms with Crippen LogP contribution in [-0.2, 0) is 19.6 Å². The Morgan fingerprint density at radius 3 is 2.55 bits per heavy atom. The van der Waals surface area contributed by atoms with E-state index in [9.17, 15) is 0 Å². The number of nitrogen functional groups attached to an aromatic ring is 1. The number of rotatable bonds is 5. The lowest BCUT2D eigenvalue weighted by molar-refractivity contribution is 0.292. The lowest BCUT2D eigenvalue weighted by Crippen LogP contribution is -2.07. The molecular weight excluding hydrogens is 250 g/mol. The summed E-state index contributed by atoms with van der Waals surface area (Å²) in [6.45, 7) is 9.59. The van der Waals surface area contributed by atoms with Crippen molar-refractivity contribution in [3.63, 3.8) is 0 Å². The van der Waals surface area contributed by atoms with E-state index in [1.54, 1.807) is 0 Å². The Balaban J connectivity index is 2.18. The number of hydrogen-bond donors (Lipinski definition) is 1. The minimum Gasteiger partial charge on any atom is -0.485 e. The van der Waals surface area contributed by atoms with Crippen LogP contribution in [0.1, 0.15) is 36.4 Å². The summed E-state index contributed by atoms with van der Waals surface area (Å²) in [7, 11) is 0. The molecule has 0 fully saturated rings. The first-order valence-corrected chi connectivity index (χ1v) is 7.10. The molecule has 1 heterocycles. The van der Waals surface area contributed by atoms with Crippen molar-refractivity contribution in [1.29, 1.82) is 0 Å². The molecule has 1 aromatic carbocycles. The summed E-state index contributed by atoms with van der Waals surface area (Å²) in [6, 6.07) is 6.13. The summed E-state index contributed by atoms with van der Waals surface area (Å²) in [5, 5.41) is 4.52. The maximum absolute atomic E-state index is 6.04. The highest BCUT2D eigenvalue weighted by Crippen LogP contribution is 2.28. The van der Waals surface area contributed by atoms with E-state index in [-0.39, 0.29) is 0 Å². The molecular formula is C16H23N3O. The number of nitrogens with zero attached hydrogens (tertiary/aromatic N) is 2. The maximum atomic E-state index is 6.04. The molecule has 0 atom stereocenters. The molecule has 0 aliphatic carbocycles. The predicted molar refractivity (Wildman–Crippen MR) is 81.9 cm³/mol. The fraction of sp³-hybridized carbons (Fsp3) is 0.438. The van der Waals surface area contributed by atoms with E-state index in [2.05, 4.69) is 31.1 Å². The quantitative estimate of drug-likeness (QED) is 0.851. The summed E-state index contributed by atoms with van der Waals surface area (Å²) in [5.74, 6) is 0.775. The van der Waals surface area contributed by atoms with Crippen molar-refractivity contribution in [3.8, 4) is 5.75 Å². The number of aromatic nitrogens is 2. The largest absolute Gasteiger partial charge is 0.485 e. The molecule has 0 saturated heterocycles. The van der Waals surface area contributed by atoms with Crippen molar-refractivity contribution in [2.75, 3.05) is 5.73 Å². The first-order valence-electron chi connectivity index (χ1n) is 7.10. The number of nitrogens with two attached hydrogens (primary N) is 1. The number of benzene rings is 1. The molecule has 0 amide bonds. The van der Waals surface area contributed by atoms with Crippen molar-refractivity contribution in [1.82, 2.24) is 9.78 Å². The van der Waals surface area contributed by atoms with Gasteiger partial charge in [0.2, 0.25) is 0 Å². The molecule has 2 rings (SSSR count). The van der Waals surface area contributed by atoms with Crippen molar-refractivity contribution >= 4 is 5.69 Å². The second-order valence-electron chi connectivity index (χ2n) is 5.09. The van der Waals surface area contributed by atoms with Gasteiger partial charge in [-0.15, -0.1) is 0 Å². The lowest BCUT2D eigenvalue weighted by atomic mass is 10.1. The zero-order chi connectivity index (χ0) is 14.7. The molecule has 0 radical (unpaired) electrons. The van der Waals surface area contributed by atoms with Crippen LogP contribution >= 0.6 is 0 Å². The number of aryl methyl sites for hydroxylation is 4. The minimum atomic E-state index is 0.495. The van der Waals surface area contributed by atoms with Gasteiger partial charge in [0.1, 0.15) is 12.4 Å². The molecule has 2 N–H and O–H groups in total. The standard InChI is InChI=1S/C16H23N3O/c1-5-13-9-14(19(6-2)18-13)10-20-16-12(4)7-11(3)8-15(16)17/h7-9H,5-6,10,17H2,1-4H3. The predicted octanol–water partition coefficient (Wildman–Crippen LogP) is 3.24. The van der Waals surface area contributed by atoms with Crippen LogP contribution in [0.3, 0.4) is 0 Å². The summed E-state index contributed by atoms with van der Waals surface area (Å²) < 4.78 is 7.91. The fourth-order valence-corrected chi connectivity index (χ4v) is 2.41. The SMILES string of the molecule is CCc1cc(COc2c(C)cc(C)cc2N)n(CC)n1. The summed E-state index contributed by atoms with van der Waals surface area (Å²) in [5.41, 5.74) is 11.1. The van der Waals surface area contributed by atoms with Gasteiger partial charge in [-0.2, -0.15) is 5.10 Å². The van der Waals surface area contributed by atoms with Crippen LogP contribution in [0.5, 0.6) is 5.75 Å². The van der Waals surface area contributed by atoms with Gasteiger partial charge in [0, 0.05) is 6.54 Å². The molecule has 0 bridgehead atoms. The summed E-state index contributed by atoms with van der Waals surface area (Å²) in [4.78, 5) is 0. The molecule has 4 heteroatoms. The summed E-state index contributed by atoms with van der Waals surface area (Å²) >= 11 is 0. The highest BCUT2D eigenvalue weighted by molar-refractivity contribution is 5.58. The molecule has 0 saturated carbocycles. The third kappa shape index (κ3) is 2.95. The molecule has 20 heavy (non-hydrogen) atoms. The van der Waals surface area contributed by atoms with E-state index in [1.807, 2.05) is 24.6 Å². The third-order valence-electron chi connectivity index (χ3n) is 3.39. The first kappa shape index (κ1) is 14.4. The van der Waals surface area contributed by atoms with Gasteiger partial charge in [-0.05, 0) is 50.5 Å². The molecule has 4 nitrogen and oxygen atoms in total. The maximum Gasteiger partial charge on any atom is 0.145 e. The zero-order valence-electron chi connectivity index (χ0n) is 12.7. The van der Waals surface area contributed by atoms with Crippen molar-refractivity contribution < 1.29 is 4.74 Å². The Labute approximate surface area is 120 Å². The molecule has 0 aliphatic rings. The van der Waals surface area contributed by atoms with Gasteiger partial charge in [-0.1, -0.05) is 13.0 Å². The zero-order valence-corrected chi connectivity index (χ0v) is 12.7. The van der Waals surface area contributed by atoms with Crippen LogP contribution in [0, 0.1) is 13.8 Å². The van der Waals surface area contributed by atoms with Crippen LogP contribution in [0.2, 0.25) is 0 Å². The lowest BCUT2D eigenvalue weighted by Gasteiger charge is -2.13. The average molecular weight is 273 g/mol. The van der Waals surface area contributed by atoms with E-state index < -0.39 is 0 Å². The van der Waals surface area contributed by atoms with Crippen LogP contribution < -0.4 is 10.5 Å². The third-order valence-corrected chi connectivity index (χ3v) is 3.39. The second kappa shape index (κ2) is 5.99. The second-order valence-corrected chi connectivity index (χ2v) is 5.09. The first-order chi connectivity index (χ1) is 9.55. The van der Waals surface area contributed by atoms with Gasteiger partial charge in [0.25, 0.3) is 0 Å². The van der Waals surface area contributed by atoms with Crippen molar-refractivity contribution in [2.45, 2.75) is 47.3 Å². The van der Waals surface area contributed by atoms with Crippen molar-refractivity contribution in [3.05, 3.63) is 40.7 Å². The minimum absolute atomic E-state index is 0.495. The molecule has 1 aromatic heterocycles. The van der Waals surface area contributed by atoms with Gasteiger partial charge < -0.3 is 10.5 Å². The average Bonchev–Trinajstić information content (AvgIpc) is 2.80. The van der Waals surface area contributed by atoms with Gasteiger partial charge in [0.05, 0.1) is 17.1 Å². The molecule has 0 unspecified atom stereocenters. The Morgan fingerprint density at radius 1 is 1.20 bits per heavy atom. The molecule has 0 aliphatic heterocycles. The summed E-state index contributed by atoms with van der Waals surface area (Å²) in [6.07, 6.45) is 0.936. The monoisotopic (exact) mass is 273 g/mol. The Hall–Kier alpha value is -1.97. The smallest absolute Gasteiger partial charge is 0.145 e. The van der Waals surface area contributed by atoms with E-state index in [1.165, 1.54) is 0 Å². The molecule has 2 aromatic rings. The van der Waals surface area contributed by atoms with Crippen molar-refractivity contribution in [2.24, 2.45) is 0 Å². The van der Waals surface area contributed by atoms with Crippen LogP contribution in [0.25, 0.3) is 0 Å². The topological polar surface area (TPSA) is 53.1 Å². The van der Waals surface area contributed by atoms with E-state index >= 15 is 0 Å². The van der Waals surface area contributed by atoms with Crippen LogP contribution in [0.15, 0.2) is 18.2 Å². The highest BCUT2D eigenvalue weighted by Gasteiger charge is 2.10. The number of hydrogen-bond acceptors (Lipinski definition) is 3. The van der Waals surface area contributed by atoms with Crippen LogP contribution in [0.4, 0.5) is 5.69 Å². The van der Waals surface area contributed by atoms with E-state index in [0.717, 1.165) is 41.2 Å². The van der Waals surface area contributed by atoms with Gasteiger partial charge >= 0.3 is 0 Å². The van der Waals surface area contributed by atoms with E-state index in [0.29, 0.717) is 12.3 Å². The number of anilines is 1. The van der Waals surface area contributed by atoms with Gasteiger partial charge in [-0.25, -0.2) is 0 Å². The van der Waals surface area contributed by atoms with E-state index in [4.69, 9.17) is 10.5 Å². The van der Waals surface area contributed by atoms with Crippen LogP contribution in [-0.4, -0.2) is 9.78 Å². The number of ether oxygens (including phenoxy) is 1. The van der Waals surface area contributed by atoms with Gasteiger partial charge in [-0.3, -0.25) is 4.68 Å². The Morgan fingerprint density at radius 2 is 1.95 bits per heavy atom. The Kier molecular flexibility index (Phi) is 4.32. The normalized spacial score (nSPS) is 10.8. The van der Waals surface area contributed by atoms with Gasteiger partial charge in [0.15, 0.2) is 0 Å². The highest BCUT2D eigenvalue weighted by atomic mass is 16.5. The fourth-order valence-electron chi connectivity index (χ4n) is 2.41. The molecule has 0 spiro atoms. The molecule has 108 valence electrons.